The first kappa shape index (κ1) is 18.7. The zero-order chi connectivity index (χ0) is 13.4. The maximum atomic E-state index is 6.19. The Hall–Kier alpha value is 1.74. The van der Waals surface area contributed by atoms with Gasteiger partial charge in [-0.25, -0.2) is 0 Å². The standard InChI is InChI=1S/C11H18Cl6/c1-2-8(14)9(15)3-4-10(16)11(17)5-7(13)6-12/h7-11H,2-6H2,1H3. The summed E-state index contributed by atoms with van der Waals surface area (Å²) in [5, 5.41) is -0.548. The van der Waals surface area contributed by atoms with Gasteiger partial charge in [-0.15, -0.1) is 69.6 Å². The van der Waals surface area contributed by atoms with Crippen molar-refractivity contribution in [2.45, 2.75) is 59.5 Å². The molecule has 0 fully saturated rings. The molecular weight excluding hydrogens is 345 g/mol. The minimum absolute atomic E-state index is 0.0158. The molecule has 0 bridgehead atoms. The van der Waals surface area contributed by atoms with E-state index in [0.29, 0.717) is 12.3 Å². The van der Waals surface area contributed by atoms with Crippen molar-refractivity contribution in [1.82, 2.24) is 0 Å². The Kier molecular flexibility index (Phi) is 11.6. The molecule has 0 aromatic carbocycles. The van der Waals surface area contributed by atoms with E-state index in [1.807, 2.05) is 6.92 Å². The lowest BCUT2D eigenvalue weighted by Crippen LogP contribution is -2.23. The lowest BCUT2D eigenvalue weighted by molar-refractivity contribution is 0.593. The van der Waals surface area contributed by atoms with Crippen LogP contribution >= 0.6 is 69.6 Å². The lowest BCUT2D eigenvalue weighted by atomic mass is 10.1. The van der Waals surface area contributed by atoms with Crippen LogP contribution < -0.4 is 0 Å². The van der Waals surface area contributed by atoms with Gasteiger partial charge in [-0.3, -0.25) is 0 Å². The van der Waals surface area contributed by atoms with Crippen molar-refractivity contribution in [3.05, 3.63) is 0 Å². The lowest BCUT2D eigenvalue weighted by Gasteiger charge is -2.20. The molecule has 0 nitrogen and oxygen atoms in total. The molecule has 0 N–H and O–H groups in total. The number of hydrogen-bond donors (Lipinski definition) is 0. The second kappa shape index (κ2) is 10.5. The van der Waals surface area contributed by atoms with E-state index in [4.69, 9.17) is 69.6 Å². The Bertz CT molecular complexity index is 189. The molecule has 5 atom stereocenters. The third-order valence-corrected chi connectivity index (χ3v) is 5.80. The summed E-state index contributed by atoms with van der Waals surface area (Å²) in [4.78, 5) is 0. The third-order valence-electron chi connectivity index (χ3n) is 2.54. The molecule has 0 aliphatic heterocycles. The number of rotatable bonds is 9. The molecule has 0 rings (SSSR count). The minimum atomic E-state index is -0.183. The van der Waals surface area contributed by atoms with Crippen molar-refractivity contribution in [3.8, 4) is 0 Å². The van der Waals surface area contributed by atoms with E-state index in [1.54, 1.807) is 0 Å². The summed E-state index contributed by atoms with van der Waals surface area (Å²) in [6, 6.07) is 0. The van der Waals surface area contributed by atoms with Gasteiger partial charge in [-0.1, -0.05) is 6.92 Å². The van der Waals surface area contributed by atoms with E-state index >= 15 is 0 Å². The monoisotopic (exact) mass is 360 g/mol. The topological polar surface area (TPSA) is 0 Å². The average Bonchev–Trinajstić information content (AvgIpc) is 2.33. The summed E-state index contributed by atoms with van der Waals surface area (Å²) in [6.07, 6.45) is 2.95. The van der Waals surface area contributed by atoms with Gasteiger partial charge in [0.1, 0.15) is 0 Å². The molecule has 0 spiro atoms. The predicted molar refractivity (Wildman–Crippen MR) is 83.1 cm³/mol. The largest absolute Gasteiger partial charge is 0.125 e. The Morgan fingerprint density at radius 2 is 1.24 bits per heavy atom. The molecular formula is C11H18Cl6. The smallest absolute Gasteiger partial charge is 0.0514 e. The fourth-order valence-electron chi connectivity index (χ4n) is 1.39. The Balaban J connectivity index is 3.88. The number of alkyl halides is 6. The van der Waals surface area contributed by atoms with Gasteiger partial charge >= 0.3 is 0 Å². The van der Waals surface area contributed by atoms with Gasteiger partial charge in [0, 0.05) is 22.0 Å². The molecule has 104 valence electrons. The first-order valence-electron chi connectivity index (χ1n) is 5.68. The van der Waals surface area contributed by atoms with Gasteiger partial charge in [-0.05, 0) is 25.7 Å². The van der Waals surface area contributed by atoms with Gasteiger partial charge in [0.15, 0.2) is 0 Å². The minimum Gasteiger partial charge on any atom is -0.125 e. The van der Waals surface area contributed by atoms with Crippen LogP contribution in [0, 0.1) is 0 Å². The quantitative estimate of drug-likeness (QED) is 0.452. The van der Waals surface area contributed by atoms with Crippen LogP contribution in [0.1, 0.15) is 32.6 Å². The molecule has 0 aliphatic carbocycles. The molecule has 0 aromatic rings. The molecule has 0 radical (unpaired) electrons. The van der Waals surface area contributed by atoms with Crippen LogP contribution in [0.2, 0.25) is 0 Å². The molecule has 0 amide bonds. The fourth-order valence-corrected chi connectivity index (χ4v) is 2.80. The Morgan fingerprint density at radius 1 is 0.765 bits per heavy atom. The molecule has 0 saturated carbocycles. The second-order valence-electron chi connectivity index (χ2n) is 4.04. The maximum absolute atomic E-state index is 6.19. The summed E-state index contributed by atoms with van der Waals surface area (Å²) in [7, 11) is 0. The first-order valence-corrected chi connectivity index (χ1v) is 8.40. The number of hydrogen-bond acceptors (Lipinski definition) is 0. The van der Waals surface area contributed by atoms with Crippen molar-refractivity contribution in [2.75, 3.05) is 5.88 Å². The second-order valence-corrected chi connectivity index (χ2v) is 7.21. The highest BCUT2D eigenvalue weighted by molar-refractivity contribution is 6.32. The van der Waals surface area contributed by atoms with Crippen LogP contribution in [-0.2, 0) is 0 Å². The SMILES string of the molecule is CCC(Cl)C(Cl)CCC(Cl)C(Cl)CC(Cl)CCl. The van der Waals surface area contributed by atoms with Crippen molar-refractivity contribution in [1.29, 1.82) is 0 Å². The molecule has 0 heterocycles. The highest BCUT2D eigenvalue weighted by atomic mass is 35.5. The summed E-state index contributed by atoms with van der Waals surface area (Å²) in [5.74, 6) is 0.381. The average molecular weight is 363 g/mol. The molecule has 17 heavy (non-hydrogen) atoms. The molecule has 0 aliphatic rings. The van der Waals surface area contributed by atoms with E-state index in [9.17, 15) is 0 Å². The van der Waals surface area contributed by atoms with Crippen molar-refractivity contribution >= 4 is 69.6 Å². The maximum Gasteiger partial charge on any atom is 0.0514 e. The summed E-state index contributed by atoms with van der Waals surface area (Å²) in [5.41, 5.74) is 0. The fraction of sp³-hybridized carbons (Fsp3) is 1.00. The van der Waals surface area contributed by atoms with Crippen LogP contribution in [-0.4, -0.2) is 32.8 Å². The van der Waals surface area contributed by atoms with Crippen molar-refractivity contribution in [3.63, 3.8) is 0 Å². The molecule has 0 saturated heterocycles. The summed E-state index contributed by atoms with van der Waals surface area (Å²) < 4.78 is 0. The van der Waals surface area contributed by atoms with Crippen molar-refractivity contribution in [2.24, 2.45) is 0 Å². The van der Waals surface area contributed by atoms with E-state index in [-0.39, 0.29) is 26.9 Å². The van der Waals surface area contributed by atoms with Gasteiger partial charge in [0.05, 0.1) is 10.8 Å². The summed E-state index contributed by atoms with van der Waals surface area (Å²) >= 11 is 36.0. The van der Waals surface area contributed by atoms with Crippen LogP contribution in [0.5, 0.6) is 0 Å². The van der Waals surface area contributed by atoms with Gasteiger partial charge < -0.3 is 0 Å². The predicted octanol–water partition coefficient (Wildman–Crippen LogP) is 5.84. The normalized spacial score (nSPS) is 20.6. The Morgan fingerprint density at radius 3 is 1.65 bits per heavy atom. The third kappa shape index (κ3) is 8.50. The zero-order valence-corrected chi connectivity index (χ0v) is 14.2. The van der Waals surface area contributed by atoms with Crippen LogP contribution in [0.3, 0.4) is 0 Å². The number of halogens is 6. The summed E-state index contributed by atoms with van der Waals surface area (Å²) in [6.45, 7) is 2.01. The zero-order valence-electron chi connectivity index (χ0n) is 9.69. The molecule has 6 heteroatoms. The first-order chi connectivity index (χ1) is 7.92. The van der Waals surface area contributed by atoms with Gasteiger partial charge in [0.25, 0.3) is 0 Å². The molecule has 5 unspecified atom stereocenters. The van der Waals surface area contributed by atoms with E-state index < -0.39 is 0 Å². The van der Waals surface area contributed by atoms with Crippen LogP contribution in [0.25, 0.3) is 0 Å². The van der Waals surface area contributed by atoms with E-state index in [2.05, 4.69) is 0 Å². The van der Waals surface area contributed by atoms with E-state index in [1.165, 1.54) is 0 Å². The molecule has 0 aromatic heterocycles. The highest BCUT2D eigenvalue weighted by Gasteiger charge is 2.22. The van der Waals surface area contributed by atoms with Crippen LogP contribution in [0.4, 0.5) is 0 Å². The van der Waals surface area contributed by atoms with Gasteiger partial charge in [0.2, 0.25) is 0 Å². The van der Waals surface area contributed by atoms with Crippen molar-refractivity contribution < 1.29 is 0 Å². The van der Waals surface area contributed by atoms with Gasteiger partial charge in [-0.2, -0.15) is 0 Å². The van der Waals surface area contributed by atoms with E-state index in [0.717, 1.165) is 19.3 Å². The Labute approximate surface area is 134 Å². The van der Waals surface area contributed by atoms with Crippen LogP contribution in [0.15, 0.2) is 0 Å². The highest BCUT2D eigenvalue weighted by Crippen LogP contribution is 2.26.